The van der Waals surface area contributed by atoms with Gasteiger partial charge in [0.25, 0.3) is 0 Å². The Morgan fingerprint density at radius 2 is 2.10 bits per heavy atom. The van der Waals surface area contributed by atoms with Gasteiger partial charge in [0.1, 0.15) is 5.75 Å². The highest BCUT2D eigenvalue weighted by molar-refractivity contribution is 7.11. The molecule has 0 aliphatic heterocycles. The summed E-state index contributed by atoms with van der Waals surface area (Å²) in [6.45, 7) is 7.34. The van der Waals surface area contributed by atoms with Gasteiger partial charge in [-0.15, -0.1) is 11.3 Å². The molecular formula is C17H24N2OS. The molecule has 0 amide bonds. The lowest BCUT2D eigenvalue weighted by molar-refractivity contribution is 0.413. The fraction of sp³-hybridized carbons (Fsp3) is 0.471. The standard InChI is InChI=1S/C17H24N2OS/c1-5-18-15(11-17-19-12(2)13(3)21-17)9-14-7-6-8-16(10-14)20-4/h6-8,10,15,18H,5,9,11H2,1-4H3. The first kappa shape index (κ1) is 16.0. The molecule has 0 aliphatic carbocycles. The molecule has 1 N–H and O–H groups in total. The Bertz CT molecular complexity index is 560. The highest BCUT2D eigenvalue weighted by atomic mass is 32.1. The number of ether oxygens (including phenoxy) is 1. The first-order valence-electron chi connectivity index (χ1n) is 7.41. The Kier molecular flexibility index (Phi) is 5.76. The Morgan fingerprint density at radius 3 is 2.71 bits per heavy atom. The third-order valence-electron chi connectivity index (χ3n) is 3.60. The van der Waals surface area contributed by atoms with E-state index < -0.39 is 0 Å². The van der Waals surface area contributed by atoms with Gasteiger partial charge in [-0.05, 0) is 44.5 Å². The van der Waals surface area contributed by atoms with E-state index in [9.17, 15) is 0 Å². The summed E-state index contributed by atoms with van der Waals surface area (Å²) in [5, 5.41) is 4.79. The van der Waals surface area contributed by atoms with Crippen molar-refractivity contribution in [3.05, 3.63) is 45.4 Å². The van der Waals surface area contributed by atoms with Crippen LogP contribution in [0.4, 0.5) is 0 Å². The summed E-state index contributed by atoms with van der Waals surface area (Å²) in [5.41, 5.74) is 2.46. The zero-order chi connectivity index (χ0) is 15.2. The van der Waals surface area contributed by atoms with E-state index in [1.165, 1.54) is 15.4 Å². The molecule has 4 heteroatoms. The molecule has 114 valence electrons. The zero-order valence-corrected chi connectivity index (χ0v) is 14.1. The number of aromatic nitrogens is 1. The molecule has 0 saturated carbocycles. The van der Waals surface area contributed by atoms with E-state index in [-0.39, 0.29) is 0 Å². The van der Waals surface area contributed by atoms with Crippen LogP contribution in [-0.4, -0.2) is 24.7 Å². The number of benzene rings is 1. The van der Waals surface area contributed by atoms with Crippen molar-refractivity contribution < 1.29 is 4.74 Å². The summed E-state index contributed by atoms with van der Waals surface area (Å²) in [7, 11) is 1.71. The quantitative estimate of drug-likeness (QED) is 0.849. The van der Waals surface area contributed by atoms with E-state index in [0.29, 0.717) is 6.04 Å². The van der Waals surface area contributed by atoms with Gasteiger partial charge >= 0.3 is 0 Å². The minimum absolute atomic E-state index is 0.409. The molecule has 3 nitrogen and oxygen atoms in total. The molecule has 0 spiro atoms. The molecule has 1 aromatic carbocycles. The van der Waals surface area contributed by atoms with E-state index >= 15 is 0 Å². The number of nitrogens with one attached hydrogen (secondary N) is 1. The molecule has 0 radical (unpaired) electrons. The molecule has 0 fully saturated rings. The Labute approximate surface area is 131 Å². The van der Waals surface area contributed by atoms with Crippen LogP contribution in [-0.2, 0) is 12.8 Å². The van der Waals surface area contributed by atoms with Crippen LogP contribution in [0.1, 0.15) is 28.1 Å². The molecule has 21 heavy (non-hydrogen) atoms. The maximum absolute atomic E-state index is 5.30. The van der Waals surface area contributed by atoms with E-state index in [0.717, 1.165) is 30.8 Å². The van der Waals surface area contributed by atoms with Crippen LogP contribution in [0, 0.1) is 13.8 Å². The molecule has 0 saturated heterocycles. The number of rotatable bonds is 7. The SMILES string of the molecule is CCNC(Cc1cccc(OC)c1)Cc1nc(C)c(C)s1. The average molecular weight is 304 g/mol. The second-order valence-corrected chi connectivity index (χ2v) is 6.55. The van der Waals surface area contributed by atoms with Crippen LogP contribution < -0.4 is 10.1 Å². The third kappa shape index (κ3) is 4.55. The first-order valence-corrected chi connectivity index (χ1v) is 8.23. The van der Waals surface area contributed by atoms with Crippen LogP contribution in [0.15, 0.2) is 24.3 Å². The molecular weight excluding hydrogens is 280 g/mol. The highest BCUT2D eigenvalue weighted by Crippen LogP contribution is 2.20. The van der Waals surface area contributed by atoms with Crippen molar-refractivity contribution in [1.29, 1.82) is 0 Å². The van der Waals surface area contributed by atoms with Gasteiger partial charge in [0, 0.05) is 17.3 Å². The Morgan fingerprint density at radius 1 is 1.29 bits per heavy atom. The highest BCUT2D eigenvalue weighted by Gasteiger charge is 2.13. The minimum Gasteiger partial charge on any atom is -0.497 e. The number of hydrogen-bond acceptors (Lipinski definition) is 4. The minimum atomic E-state index is 0.409. The summed E-state index contributed by atoms with van der Waals surface area (Å²) in [4.78, 5) is 5.98. The van der Waals surface area contributed by atoms with Crippen LogP contribution >= 0.6 is 11.3 Å². The van der Waals surface area contributed by atoms with Crippen molar-refractivity contribution in [2.24, 2.45) is 0 Å². The monoisotopic (exact) mass is 304 g/mol. The van der Waals surface area contributed by atoms with Gasteiger partial charge in [-0.3, -0.25) is 0 Å². The Balaban J connectivity index is 2.07. The predicted molar refractivity (Wildman–Crippen MR) is 89.5 cm³/mol. The van der Waals surface area contributed by atoms with Gasteiger partial charge in [-0.2, -0.15) is 0 Å². The molecule has 0 bridgehead atoms. The summed E-state index contributed by atoms with van der Waals surface area (Å²) < 4.78 is 5.30. The van der Waals surface area contributed by atoms with Gasteiger partial charge in [0.2, 0.25) is 0 Å². The zero-order valence-electron chi connectivity index (χ0n) is 13.3. The summed E-state index contributed by atoms with van der Waals surface area (Å²) >= 11 is 1.81. The molecule has 0 aliphatic rings. The number of hydrogen-bond donors (Lipinski definition) is 1. The predicted octanol–water partition coefficient (Wildman–Crippen LogP) is 3.53. The van der Waals surface area contributed by atoms with Crippen molar-refractivity contribution in [3.8, 4) is 5.75 Å². The normalized spacial score (nSPS) is 12.4. The average Bonchev–Trinajstić information content (AvgIpc) is 2.77. The van der Waals surface area contributed by atoms with Gasteiger partial charge in [0.15, 0.2) is 0 Å². The topological polar surface area (TPSA) is 34.1 Å². The van der Waals surface area contributed by atoms with Crippen molar-refractivity contribution in [3.63, 3.8) is 0 Å². The summed E-state index contributed by atoms with van der Waals surface area (Å²) in [6, 6.07) is 8.72. The van der Waals surface area contributed by atoms with Crippen LogP contribution in [0.25, 0.3) is 0 Å². The number of thiazole rings is 1. The lowest BCUT2D eigenvalue weighted by Crippen LogP contribution is -2.33. The molecule has 1 unspecified atom stereocenters. The van der Waals surface area contributed by atoms with Crippen LogP contribution in [0.5, 0.6) is 5.75 Å². The van der Waals surface area contributed by atoms with Gasteiger partial charge in [-0.25, -0.2) is 4.98 Å². The lowest BCUT2D eigenvalue weighted by Gasteiger charge is -2.17. The van der Waals surface area contributed by atoms with Crippen molar-refractivity contribution in [1.82, 2.24) is 10.3 Å². The molecule has 1 atom stereocenters. The summed E-state index contributed by atoms with van der Waals surface area (Å²) in [6.07, 6.45) is 1.97. The number of methoxy groups -OCH3 is 1. The fourth-order valence-electron chi connectivity index (χ4n) is 2.43. The van der Waals surface area contributed by atoms with E-state index in [2.05, 4.69) is 49.3 Å². The number of aryl methyl sites for hydroxylation is 2. The smallest absolute Gasteiger partial charge is 0.119 e. The van der Waals surface area contributed by atoms with Crippen molar-refractivity contribution in [2.45, 2.75) is 39.7 Å². The molecule has 1 aromatic heterocycles. The number of likely N-dealkylation sites (N-methyl/N-ethyl adjacent to an activating group) is 1. The molecule has 2 rings (SSSR count). The maximum atomic E-state index is 5.30. The Hall–Kier alpha value is -1.39. The van der Waals surface area contributed by atoms with Gasteiger partial charge < -0.3 is 10.1 Å². The first-order chi connectivity index (χ1) is 10.1. The van der Waals surface area contributed by atoms with E-state index in [1.54, 1.807) is 7.11 Å². The fourth-order valence-corrected chi connectivity index (χ4v) is 3.44. The number of nitrogens with zero attached hydrogens (tertiary/aromatic N) is 1. The second-order valence-electron chi connectivity index (χ2n) is 5.26. The van der Waals surface area contributed by atoms with Crippen LogP contribution in [0.3, 0.4) is 0 Å². The third-order valence-corrected chi connectivity index (χ3v) is 4.70. The molecule has 1 heterocycles. The van der Waals surface area contributed by atoms with Crippen LogP contribution in [0.2, 0.25) is 0 Å². The summed E-state index contributed by atoms with van der Waals surface area (Å²) in [5.74, 6) is 0.920. The van der Waals surface area contributed by atoms with E-state index in [4.69, 9.17) is 4.74 Å². The lowest BCUT2D eigenvalue weighted by atomic mass is 10.0. The van der Waals surface area contributed by atoms with Crippen molar-refractivity contribution >= 4 is 11.3 Å². The van der Waals surface area contributed by atoms with E-state index in [1.807, 2.05) is 17.4 Å². The van der Waals surface area contributed by atoms with Crippen molar-refractivity contribution in [2.75, 3.05) is 13.7 Å². The second kappa shape index (κ2) is 7.57. The van der Waals surface area contributed by atoms with Gasteiger partial charge in [-0.1, -0.05) is 19.1 Å². The maximum Gasteiger partial charge on any atom is 0.119 e. The largest absolute Gasteiger partial charge is 0.497 e. The molecule has 2 aromatic rings. The van der Waals surface area contributed by atoms with Gasteiger partial charge in [0.05, 0.1) is 17.8 Å².